The van der Waals surface area contributed by atoms with Crippen LogP contribution in [0.4, 0.5) is 5.69 Å². The van der Waals surface area contributed by atoms with Gasteiger partial charge in [0, 0.05) is 13.1 Å². The summed E-state index contributed by atoms with van der Waals surface area (Å²) in [4.78, 5) is 11.4. The summed E-state index contributed by atoms with van der Waals surface area (Å²) in [6, 6.07) is 4.59. The van der Waals surface area contributed by atoms with E-state index in [1.54, 1.807) is 6.07 Å². The van der Waals surface area contributed by atoms with Crippen LogP contribution >= 0.6 is 11.6 Å². The number of halogens is 1. The van der Waals surface area contributed by atoms with E-state index in [0.717, 1.165) is 0 Å². The van der Waals surface area contributed by atoms with Crippen molar-refractivity contribution in [2.24, 2.45) is 5.92 Å². The fourth-order valence-electron chi connectivity index (χ4n) is 2.43. The minimum atomic E-state index is -3.75. The van der Waals surface area contributed by atoms with Crippen LogP contribution in [0.3, 0.4) is 0 Å². The second-order valence-electron chi connectivity index (χ2n) is 4.86. The number of piperidine rings is 1. The first-order chi connectivity index (χ1) is 9.87. The van der Waals surface area contributed by atoms with Crippen molar-refractivity contribution < 1.29 is 17.9 Å². The van der Waals surface area contributed by atoms with Gasteiger partial charge >= 0.3 is 5.97 Å². The molecule has 0 aliphatic carbocycles. The van der Waals surface area contributed by atoms with Crippen LogP contribution in [0.2, 0.25) is 5.02 Å². The lowest BCUT2D eigenvalue weighted by Gasteiger charge is -2.30. The molecule has 0 aromatic heterocycles. The van der Waals surface area contributed by atoms with Crippen molar-refractivity contribution in [3.63, 3.8) is 0 Å². The first-order valence-electron chi connectivity index (χ1n) is 6.50. The van der Waals surface area contributed by atoms with Gasteiger partial charge in [0.1, 0.15) is 4.90 Å². The SMILES string of the molecule is COC(=O)C1CCN(S(=O)(=O)c2c(N)cccc2Cl)CC1. The number of nitrogen functional groups attached to an aromatic ring is 1. The Morgan fingerprint density at radius 3 is 2.52 bits per heavy atom. The van der Waals surface area contributed by atoms with E-state index in [0.29, 0.717) is 12.8 Å². The highest BCUT2D eigenvalue weighted by Crippen LogP contribution is 2.32. The van der Waals surface area contributed by atoms with Crippen molar-refractivity contribution in [2.75, 3.05) is 25.9 Å². The molecule has 1 fully saturated rings. The van der Waals surface area contributed by atoms with Gasteiger partial charge in [0.05, 0.1) is 23.7 Å². The summed E-state index contributed by atoms with van der Waals surface area (Å²) in [6.07, 6.45) is 0.854. The minimum Gasteiger partial charge on any atom is -0.469 e. The largest absolute Gasteiger partial charge is 0.469 e. The van der Waals surface area contributed by atoms with Crippen LogP contribution in [-0.4, -0.2) is 38.9 Å². The summed E-state index contributed by atoms with van der Waals surface area (Å²) in [6.45, 7) is 0.486. The normalized spacial score (nSPS) is 17.6. The molecule has 0 spiro atoms. The number of carbonyl (C=O) groups is 1. The lowest BCUT2D eigenvalue weighted by molar-refractivity contribution is -0.146. The maximum atomic E-state index is 12.6. The second kappa shape index (κ2) is 6.21. The van der Waals surface area contributed by atoms with Crippen molar-refractivity contribution in [1.29, 1.82) is 0 Å². The van der Waals surface area contributed by atoms with Gasteiger partial charge in [0.25, 0.3) is 0 Å². The Balaban J connectivity index is 2.21. The molecule has 1 saturated heterocycles. The number of rotatable bonds is 3. The van der Waals surface area contributed by atoms with Gasteiger partial charge < -0.3 is 10.5 Å². The number of nitrogens with two attached hydrogens (primary N) is 1. The molecule has 1 aromatic rings. The maximum Gasteiger partial charge on any atom is 0.308 e. The molecule has 21 heavy (non-hydrogen) atoms. The molecule has 1 heterocycles. The fraction of sp³-hybridized carbons (Fsp3) is 0.462. The molecular formula is C13H17ClN2O4S. The molecule has 2 rings (SSSR count). The average molecular weight is 333 g/mol. The molecule has 0 radical (unpaired) electrons. The smallest absolute Gasteiger partial charge is 0.308 e. The molecule has 8 heteroatoms. The molecule has 0 bridgehead atoms. The number of ether oxygens (including phenoxy) is 1. The number of benzene rings is 1. The third kappa shape index (κ3) is 3.14. The van der Waals surface area contributed by atoms with Crippen LogP contribution in [0.25, 0.3) is 0 Å². The molecule has 0 amide bonds. The molecule has 1 aliphatic heterocycles. The van der Waals surface area contributed by atoms with Crippen molar-refractivity contribution in [2.45, 2.75) is 17.7 Å². The number of methoxy groups -OCH3 is 1. The molecule has 116 valence electrons. The van der Waals surface area contributed by atoms with E-state index in [-0.39, 0.29) is 40.6 Å². The van der Waals surface area contributed by atoms with Gasteiger partial charge in [-0.1, -0.05) is 17.7 Å². The Kier molecular flexibility index (Phi) is 4.75. The predicted molar refractivity (Wildman–Crippen MR) is 79.4 cm³/mol. The van der Waals surface area contributed by atoms with E-state index in [1.165, 1.54) is 23.5 Å². The van der Waals surface area contributed by atoms with E-state index in [4.69, 9.17) is 17.3 Å². The highest BCUT2D eigenvalue weighted by Gasteiger charge is 2.34. The third-order valence-corrected chi connectivity index (χ3v) is 6.03. The number of carbonyl (C=O) groups excluding carboxylic acids is 1. The Labute approximate surface area is 128 Å². The van der Waals surface area contributed by atoms with Crippen molar-refractivity contribution in [1.82, 2.24) is 4.31 Å². The zero-order chi connectivity index (χ0) is 15.6. The Hall–Kier alpha value is -1.31. The van der Waals surface area contributed by atoms with Crippen LogP contribution in [-0.2, 0) is 19.6 Å². The summed E-state index contributed by atoms with van der Waals surface area (Å²) >= 11 is 5.97. The van der Waals surface area contributed by atoms with Gasteiger partial charge in [-0.3, -0.25) is 4.79 Å². The van der Waals surface area contributed by atoms with Crippen LogP contribution in [0.1, 0.15) is 12.8 Å². The van der Waals surface area contributed by atoms with Crippen LogP contribution in [0, 0.1) is 5.92 Å². The number of hydrogen-bond acceptors (Lipinski definition) is 5. The first kappa shape index (κ1) is 16.1. The van der Waals surface area contributed by atoms with Crippen molar-refractivity contribution in [3.8, 4) is 0 Å². The second-order valence-corrected chi connectivity index (χ2v) is 7.14. The van der Waals surface area contributed by atoms with Gasteiger partial charge in [-0.15, -0.1) is 0 Å². The number of esters is 1. The third-order valence-electron chi connectivity index (χ3n) is 3.58. The molecule has 0 atom stereocenters. The van der Waals surface area contributed by atoms with Gasteiger partial charge in [0.2, 0.25) is 10.0 Å². The molecule has 0 saturated carbocycles. The van der Waals surface area contributed by atoms with E-state index in [2.05, 4.69) is 4.74 Å². The molecule has 6 nitrogen and oxygen atoms in total. The van der Waals surface area contributed by atoms with Gasteiger partial charge in [-0.2, -0.15) is 4.31 Å². The summed E-state index contributed by atoms with van der Waals surface area (Å²) in [5.41, 5.74) is 5.87. The van der Waals surface area contributed by atoms with Crippen LogP contribution < -0.4 is 5.73 Å². The monoisotopic (exact) mass is 332 g/mol. The zero-order valence-corrected chi connectivity index (χ0v) is 13.2. The molecule has 1 aliphatic rings. The number of hydrogen-bond donors (Lipinski definition) is 1. The Morgan fingerprint density at radius 1 is 1.38 bits per heavy atom. The van der Waals surface area contributed by atoms with Crippen molar-refractivity contribution >= 4 is 33.3 Å². The van der Waals surface area contributed by atoms with E-state index in [1.807, 2.05) is 0 Å². The molecule has 2 N–H and O–H groups in total. The lowest BCUT2D eigenvalue weighted by Crippen LogP contribution is -2.40. The predicted octanol–water partition coefficient (Wildman–Crippen LogP) is 1.50. The fourth-order valence-corrected chi connectivity index (χ4v) is 4.53. The van der Waals surface area contributed by atoms with Crippen LogP contribution in [0.5, 0.6) is 0 Å². The van der Waals surface area contributed by atoms with Gasteiger partial charge in [-0.05, 0) is 25.0 Å². The summed E-state index contributed by atoms with van der Waals surface area (Å²) < 4.78 is 31.2. The number of nitrogens with zero attached hydrogens (tertiary/aromatic N) is 1. The summed E-state index contributed by atoms with van der Waals surface area (Å²) in [5.74, 6) is -0.561. The van der Waals surface area contributed by atoms with Crippen LogP contribution in [0.15, 0.2) is 23.1 Å². The van der Waals surface area contributed by atoms with Gasteiger partial charge in [0.15, 0.2) is 0 Å². The Bertz CT molecular complexity index is 619. The summed E-state index contributed by atoms with van der Waals surface area (Å²) in [7, 11) is -2.43. The van der Waals surface area contributed by atoms with Crippen molar-refractivity contribution in [3.05, 3.63) is 23.2 Å². The van der Waals surface area contributed by atoms with E-state index >= 15 is 0 Å². The minimum absolute atomic E-state index is 0.0665. The Morgan fingerprint density at radius 2 is 2.00 bits per heavy atom. The van der Waals surface area contributed by atoms with E-state index in [9.17, 15) is 13.2 Å². The highest BCUT2D eigenvalue weighted by atomic mass is 35.5. The lowest BCUT2D eigenvalue weighted by atomic mass is 9.99. The number of sulfonamides is 1. The zero-order valence-electron chi connectivity index (χ0n) is 11.6. The van der Waals surface area contributed by atoms with E-state index < -0.39 is 10.0 Å². The number of anilines is 1. The molecule has 0 unspecified atom stereocenters. The first-order valence-corrected chi connectivity index (χ1v) is 8.31. The quantitative estimate of drug-likeness (QED) is 0.669. The van der Waals surface area contributed by atoms with Gasteiger partial charge in [-0.25, -0.2) is 8.42 Å². The molecular weight excluding hydrogens is 316 g/mol. The average Bonchev–Trinajstić information content (AvgIpc) is 2.46. The topological polar surface area (TPSA) is 89.7 Å². The molecule has 1 aromatic carbocycles. The summed E-state index contributed by atoms with van der Waals surface area (Å²) in [5, 5.41) is 0.102. The standard InChI is InChI=1S/C13H17ClN2O4S/c1-20-13(17)9-5-7-16(8-6-9)21(18,19)12-10(14)3-2-4-11(12)15/h2-4,9H,5-8,15H2,1H3. The maximum absolute atomic E-state index is 12.6. The highest BCUT2D eigenvalue weighted by molar-refractivity contribution is 7.89.